The zero-order valence-electron chi connectivity index (χ0n) is 14.4. The average molecular weight is 376 g/mol. The van der Waals surface area contributed by atoms with Crippen LogP contribution in [0.5, 0.6) is 0 Å². The topological polar surface area (TPSA) is 85.7 Å². The molecule has 0 atom stereocenters. The third-order valence-corrected chi connectivity index (χ3v) is 4.05. The van der Waals surface area contributed by atoms with Gasteiger partial charge in [0.1, 0.15) is 0 Å². The third kappa shape index (κ3) is 3.63. The van der Waals surface area contributed by atoms with E-state index in [4.69, 9.17) is 21.1 Å². The first kappa shape index (κ1) is 18.2. The Morgan fingerprint density at radius 2 is 2.04 bits per heavy atom. The SMILES string of the molecule is CCOC(=O)Cc1cc(=O)n2[nH]c(COC)c(-c3ccc(Cl)cc3)c2n1. The molecule has 0 unspecified atom stereocenters. The first-order valence-corrected chi connectivity index (χ1v) is 8.45. The summed E-state index contributed by atoms with van der Waals surface area (Å²) in [4.78, 5) is 28.7. The van der Waals surface area contributed by atoms with E-state index >= 15 is 0 Å². The molecule has 0 aliphatic rings. The van der Waals surface area contributed by atoms with Gasteiger partial charge in [-0.25, -0.2) is 9.50 Å². The minimum Gasteiger partial charge on any atom is -0.466 e. The summed E-state index contributed by atoms with van der Waals surface area (Å²) in [6.45, 7) is 2.28. The van der Waals surface area contributed by atoms with Crippen molar-refractivity contribution in [2.24, 2.45) is 0 Å². The molecule has 7 nitrogen and oxygen atoms in total. The number of aromatic amines is 1. The lowest BCUT2D eigenvalue weighted by Crippen LogP contribution is -2.18. The first-order valence-electron chi connectivity index (χ1n) is 8.07. The number of halogens is 1. The number of fused-ring (bicyclic) bond motifs is 1. The fourth-order valence-corrected chi connectivity index (χ4v) is 2.88. The second-order valence-corrected chi connectivity index (χ2v) is 6.07. The number of hydrogen-bond acceptors (Lipinski definition) is 5. The summed E-state index contributed by atoms with van der Waals surface area (Å²) in [5, 5.41) is 3.63. The molecule has 0 radical (unpaired) electrons. The number of methoxy groups -OCH3 is 1. The highest BCUT2D eigenvalue weighted by atomic mass is 35.5. The van der Waals surface area contributed by atoms with Crippen LogP contribution in [0.15, 0.2) is 35.1 Å². The standard InChI is InChI=1S/C18H18ClN3O4/c1-3-26-16(24)9-13-8-15(23)22-18(20-13)17(14(21-22)10-25-2)11-4-6-12(19)7-5-11/h4-8,21H,3,9-10H2,1-2H3. The van der Waals surface area contributed by atoms with Crippen LogP contribution in [0.1, 0.15) is 18.3 Å². The number of esters is 1. The van der Waals surface area contributed by atoms with Crippen molar-refractivity contribution in [3.8, 4) is 11.1 Å². The van der Waals surface area contributed by atoms with Gasteiger partial charge in [0.05, 0.1) is 31.0 Å². The first-order chi connectivity index (χ1) is 12.5. The molecule has 0 amide bonds. The average Bonchev–Trinajstić information content (AvgIpc) is 2.95. The number of ether oxygens (including phenoxy) is 2. The van der Waals surface area contributed by atoms with Crippen LogP contribution in [0.25, 0.3) is 16.8 Å². The molecule has 2 aromatic heterocycles. The van der Waals surface area contributed by atoms with Gasteiger partial charge in [0, 0.05) is 23.8 Å². The Hall–Kier alpha value is -2.64. The van der Waals surface area contributed by atoms with Crippen molar-refractivity contribution in [3.05, 3.63) is 57.1 Å². The summed E-state index contributed by atoms with van der Waals surface area (Å²) in [6, 6.07) is 8.53. The molecule has 0 aliphatic carbocycles. The highest BCUT2D eigenvalue weighted by Gasteiger charge is 2.18. The van der Waals surface area contributed by atoms with E-state index in [0.717, 1.165) is 11.1 Å². The van der Waals surface area contributed by atoms with Gasteiger partial charge in [-0.1, -0.05) is 23.7 Å². The molecule has 136 valence electrons. The lowest BCUT2D eigenvalue weighted by Gasteiger charge is -2.05. The van der Waals surface area contributed by atoms with E-state index in [0.29, 0.717) is 22.1 Å². The summed E-state index contributed by atoms with van der Waals surface area (Å²) in [5.74, 6) is -0.426. The van der Waals surface area contributed by atoms with Crippen LogP contribution in [-0.2, 0) is 27.3 Å². The smallest absolute Gasteiger partial charge is 0.311 e. The van der Waals surface area contributed by atoms with E-state index in [9.17, 15) is 9.59 Å². The van der Waals surface area contributed by atoms with Crippen molar-refractivity contribution in [3.63, 3.8) is 0 Å². The van der Waals surface area contributed by atoms with Crippen molar-refractivity contribution in [1.82, 2.24) is 14.6 Å². The molecular formula is C18H18ClN3O4. The Morgan fingerprint density at radius 3 is 2.69 bits per heavy atom. The molecule has 3 aromatic rings. The van der Waals surface area contributed by atoms with Crippen LogP contribution in [0, 0.1) is 0 Å². The van der Waals surface area contributed by atoms with Crippen LogP contribution in [0.2, 0.25) is 5.02 Å². The second kappa shape index (κ2) is 7.72. The number of rotatable bonds is 6. The van der Waals surface area contributed by atoms with Gasteiger partial charge in [-0.05, 0) is 24.6 Å². The predicted octanol–water partition coefficient (Wildman–Crippen LogP) is 2.60. The molecular weight excluding hydrogens is 358 g/mol. The van der Waals surface area contributed by atoms with Gasteiger partial charge in [-0.3, -0.25) is 14.7 Å². The maximum atomic E-state index is 12.5. The highest BCUT2D eigenvalue weighted by Crippen LogP contribution is 2.28. The molecule has 0 spiro atoms. The maximum absolute atomic E-state index is 12.5. The number of aromatic nitrogens is 3. The minimum absolute atomic E-state index is 0.0651. The lowest BCUT2D eigenvalue weighted by molar-refractivity contribution is -0.142. The molecule has 8 heteroatoms. The van der Waals surface area contributed by atoms with Crippen molar-refractivity contribution < 1.29 is 14.3 Å². The van der Waals surface area contributed by atoms with Crippen LogP contribution in [0.4, 0.5) is 0 Å². The minimum atomic E-state index is -0.426. The van der Waals surface area contributed by atoms with E-state index in [1.54, 1.807) is 26.2 Å². The van der Waals surface area contributed by atoms with Gasteiger partial charge in [0.25, 0.3) is 5.56 Å². The van der Waals surface area contributed by atoms with Gasteiger partial charge in [-0.2, -0.15) is 0 Å². The molecule has 0 aliphatic heterocycles. The molecule has 26 heavy (non-hydrogen) atoms. The molecule has 1 aromatic carbocycles. The van der Waals surface area contributed by atoms with E-state index < -0.39 is 5.97 Å². The Balaban J connectivity index is 2.17. The molecule has 1 N–H and O–H groups in total. The fraction of sp³-hybridized carbons (Fsp3) is 0.278. The summed E-state index contributed by atoms with van der Waals surface area (Å²) in [6.07, 6.45) is -0.0651. The van der Waals surface area contributed by atoms with Crippen molar-refractivity contribution in [2.45, 2.75) is 20.0 Å². The largest absolute Gasteiger partial charge is 0.466 e. The third-order valence-electron chi connectivity index (χ3n) is 3.80. The Labute approximate surface area is 154 Å². The summed E-state index contributed by atoms with van der Waals surface area (Å²) in [7, 11) is 1.57. The number of carbonyl (C=O) groups is 1. The zero-order valence-corrected chi connectivity index (χ0v) is 15.2. The summed E-state index contributed by atoms with van der Waals surface area (Å²) < 4.78 is 11.5. The van der Waals surface area contributed by atoms with Crippen LogP contribution >= 0.6 is 11.6 Å². The number of benzene rings is 1. The van der Waals surface area contributed by atoms with Gasteiger partial charge in [-0.15, -0.1) is 0 Å². The van der Waals surface area contributed by atoms with Gasteiger partial charge >= 0.3 is 5.97 Å². The van der Waals surface area contributed by atoms with E-state index in [1.165, 1.54) is 10.6 Å². The summed E-state index contributed by atoms with van der Waals surface area (Å²) >= 11 is 5.97. The second-order valence-electron chi connectivity index (χ2n) is 5.63. The summed E-state index contributed by atoms with van der Waals surface area (Å²) in [5.41, 5.74) is 2.73. The Bertz CT molecular complexity index is 992. The van der Waals surface area contributed by atoms with Gasteiger partial charge in [0.15, 0.2) is 5.65 Å². The van der Waals surface area contributed by atoms with Gasteiger partial charge < -0.3 is 9.47 Å². The lowest BCUT2D eigenvalue weighted by atomic mass is 10.1. The predicted molar refractivity (Wildman–Crippen MR) is 97.3 cm³/mol. The van der Waals surface area contributed by atoms with Crippen LogP contribution in [-0.4, -0.2) is 34.3 Å². The number of nitrogens with zero attached hydrogens (tertiary/aromatic N) is 2. The fourth-order valence-electron chi connectivity index (χ4n) is 2.75. The van der Waals surface area contributed by atoms with E-state index in [2.05, 4.69) is 10.1 Å². The van der Waals surface area contributed by atoms with Gasteiger partial charge in [0.2, 0.25) is 0 Å². The van der Waals surface area contributed by atoms with E-state index in [-0.39, 0.29) is 25.2 Å². The van der Waals surface area contributed by atoms with Crippen molar-refractivity contribution in [1.29, 1.82) is 0 Å². The number of H-pyrrole nitrogens is 1. The molecule has 0 saturated carbocycles. The normalized spacial score (nSPS) is 11.0. The van der Waals surface area contributed by atoms with Crippen LogP contribution < -0.4 is 5.56 Å². The molecule has 0 bridgehead atoms. The monoisotopic (exact) mass is 375 g/mol. The molecule has 2 heterocycles. The van der Waals surface area contributed by atoms with Crippen molar-refractivity contribution >= 4 is 23.2 Å². The van der Waals surface area contributed by atoms with Crippen molar-refractivity contribution in [2.75, 3.05) is 13.7 Å². The Kier molecular flexibility index (Phi) is 5.39. The highest BCUT2D eigenvalue weighted by molar-refractivity contribution is 6.30. The number of carbonyl (C=O) groups excluding carboxylic acids is 1. The quantitative estimate of drug-likeness (QED) is 0.669. The number of hydrogen-bond donors (Lipinski definition) is 1. The zero-order chi connectivity index (χ0) is 18.7. The van der Waals surface area contributed by atoms with E-state index in [1.807, 2.05) is 12.1 Å². The molecule has 0 saturated heterocycles. The maximum Gasteiger partial charge on any atom is 0.311 e. The van der Waals surface area contributed by atoms with Crippen LogP contribution in [0.3, 0.4) is 0 Å². The molecule has 0 fully saturated rings. The number of nitrogens with one attached hydrogen (secondary N) is 1. The molecule has 3 rings (SSSR count). The Morgan fingerprint density at radius 1 is 1.31 bits per heavy atom.